The predicted molar refractivity (Wildman–Crippen MR) is 90.0 cm³/mol. The number of hydrogen-bond donors (Lipinski definition) is 0. The van der Waals surface area contributed by atoms with Gasteiger partial charge in [0.15, 0.2) is 6.10 Å². The molecule has 1 aromatic carbocycles. The second kappa shape index (κ2) is 6.47. The number of amides is 1. The summed E-state index contributed by atoms with van der Waals surface area (Å²) in [6, 6.07) is 7.97. The summed E-state index contributed by atoms with van der Waals surface area (Å²) < 4.78 is 5.93. The first-order valence-corrected chi connectivity index (χ1v) is 8.35. The summed E-state index contributed by atoms with van der Waals surface area (Å²) in [5.41, 5.74) is 1.19. The number of hydrogen-bond acceptors (Lipinski definition) is 5. The highest BCUT2D eigenvalue weighted by atomic mass is 16.5. The monoisotopic (exact) mass is 324 g/mol. The molecule has 6 nitrogen and oxygen atoms in total. The number of carbonyl (C=O) groups is 1. The molecule has 0 bridgehead atoms. The van der Waals surface area contributed by atoms with Gasteiger partial charge in [-0.15, -0.1) is 0 Å². The lowest BCUT2D eigenvalue weighted by atomic mass is 10.0. The van der Waals surface area contributed by atoms with Crippen LogP contribution in [0.25, 0.3) is 0 Å². The molecule has 0 saturated carbocycles. The predicted octanol–water partition coefficient (Wildman–Crippen LogP) is 1.52. The molecular weight excluding hydrogens is 304 g/mol. The molecule has 1 unspecified atom stereocenters. The van der Waals surface area contributed by atoms with E-state index in [9.17, 15) is 4.79 Å². The Labute approximate surface area is 141 Å². The van der Waals surface area contributed by atoms with Gasteiger partial charge in [0.2, 0.25) is 0 Å². The van der Waals surface area contributed by atoms with Gasteiger partial charge >= 0.3 is 0 Å². The van der Waals surface area contributed by atoms with Crippen LogP contribution in [0.2, 0.25) is 0 Å². The molecule has 1 fully saturated rings. The number of ether oxygens (including phenoxy) is 1. The van der Waals surface area contributed by atoms with Crippen LogP contribution in [-0.2, 0) is 11.2 Å². The zero-order valence-corrected chi connectivity index (χ0v) is 13.5. The summed E-state index contributed by atoms with van der Waals surface area (Å²) in [5, 5.41) is 0. The van der Waals surface area contributed by atoms with Crippen molar-refractivity contribution in [3.63, 3.8) is 0 Å². The van der Waals surface area contributed by atoms with Gasteiger partial charge in [0.25, 0.3) is 5.91 Å². The third-order valence-electron chi connectivity index (χ3n) is 4.66. The Morgan fingerprint density at radius 3 is 2.75 bits per heavy atom. The molecule has 0 spiro atoms. The van der Waals surface area contributed by atoms with E-state index in [1.807, 2.05) is 23.1 Å². The molecule has 0 aliphatic carbocycles. The molecule has 2 aliphatic rings. The highest BCUT2D eigenvalue weighted by Crippen LogP contribution is 2.28. The van der Waals surface area contributed by atoms with Gasteiger partial charge in [0.05, 0.1) is 6.20 Å². The van der Waals surface area contributed by atoms with Crippen molar-refractivity contribution in [1.29, 1.82) is 0 Å². The van der Waals surface area contributed by atoms with Gasteiger partial charge in [-0.25, -0.2) is 4.98 Å². The van der Waals surface area contributed by atoms with Gasteiger partial charge < -0.3 is 14.5 Å². The quantitative estimate of drug-likeness (QED) is 0.838. The molecule has 2 aliphatic heterocycles. The second-order valence-electron chi connectivity index (χ2n) is 6.13. The van der Waals surface area contributed by atoms with Crippen LogP contribution < -0.4 is 9.64 Å². The third kappa shape index (κ3) is 2.91. The number of fused-ring (bicyclic) bond motifs is 1. The summed E-state index contributed by atoms with van der Waals surface area (Å²) in [6.07, 6.45) is 6.41. The molecule has 1 saturated heterocycles. The van der Waals surface area contributed by atoms with Crippen LogP contribution in [0, 0.1) is 0 Å². The van der Waals surface area contributed by atoms with E-state index in [1.165, 1.54) is 5.56 Å². The summed E-state index contributed by atoms with van der Waals surface area (Å²) in [6.45, 7) is 2.93. The minimum Gasteiger partial charge on any atom is -0.480 e. The van der Waals surface area contributed by atoms with Crippen LogP contribution in [0.15, 0.2) is 42.9 Å². The normalized spacial score (nSPS) is 20.2. The lowest BCUT2D eigenvalue weighted by Gasteiger charge is -2.37. The Bertz CT molecular complexity index is 714. The van der Waals surface area contributed by atoms with E-state index >= 15 is 0 Å². The van der Waals surface area contributed by atoms with Crippen molar-refractivity contribution in [1.82, 2.24) is 14.9 Å². The molecule has 3 heterocycles. The average molecular weight is 324 g/mol. The van der Waals surface area contributed by atoms with E-state index in [0.29, 0.717) is 13.1 Å². The molecule has 24 heavy (non-hydrogen) atoms. The van der Waals surface area contributed by atoms with Gasteiger partial charge in [-0.3, -0.25) is 9.78 Å². The first kappa shape index (κ1) is 14.9. The van der Waals surface area contributed by atoms with E-state index in [1.54, 1.807) is 18.6 Å². The smallest absolute Gasteiger partial charge is 0.263 e. The molecule has 124 valence electrons. The van der Waals surface area contributed by atoms with Gasteiger partial charge in [0, 0.05) is 38.6 Å². The summed E-state index contributed by atoms with van der Waals surface area (Å²) in [7, 11) is 0. The van der Waals surface area contributed by atoms with E-state index in [-0.39, 0.29) is 12.0 Å². The minimum absolute atomic E-state index is 0.100. The maximum absolute atomic E-state index is 12.8. The van der Waals surface area contributed by atoms with Crippen LogP contribution in [0.5, 0.6) is 5.75 Å². The second-order valence-corrected chi connectivity index (χ2v) is 6.13. The first-order valence-electron chi connectivity index (χ1n) is 8.35. The number of rotatable bonds is 2. The van der Waals surface area contributed by atoms with E-state index in [2.05, 4.69) is 20.9 Å². The van der Waals surface area contributed by atoms with Crippen molar-refractivity contribution in [2.24, 2.45) is 0 Å². The third-order valence-corrected chi connectivity index (χ3v) is 4.66. The van der Waals surface area contributed by atoms with E-state index in [4.69, 9.17) is 4.74 Å². The number of piperazine rings is 1. The highest BCUT2D eigenvalue weighted by Gasteiger charge is 2.31. The van der Waals surface area contributed by atoms with Crippen molar-refractivity contribution < 1.29 is 9.53 Å². The number of para-hydroxylation sites is 1. The number of aryl methyl sites for hydroxylation is 1. The zero-order chi connectivity index (χ0) is 16.4. The fourth-order valence-corrected chi connectivity index (χ4v) is 3.31. The van der Waals surface area contributed by atoms with Crippen LogP contribution in [0.1, 0.15) is 12.0 Å². The lowest BCUT2D eigenvalue weighted by Crippen LogP contribution is -2.53. The number of carbonyl (C=O) groups excluding carboxylic acids is 1. The van der Waals surface area contributed by atoms with Crippen molar-refractivity contribution in [3.05, 3.63) is 48.4 Å². The summed E-state index contributed by atoms with van der Waals surface area (Å²) in [5.74, 6) is 1.82. The molecule has 4 rings (SSSR count). The number of aromatic nitrogens is 2. The molecule has 0 radical (unpaired) electrons. The standard InChI is InChI=1S/C18H20N4O2/c23-18(16-6-5-14-3-1-2-4-15(14)24-16)22-11-9-21(10-12-22)17-13-19-7-8-20-17/h1-4,7-8,13,16H,5-6,9-12H2. The van der Waals surface area contributed by atoms with Crippen LogP contribution in [-0.4, -0.2) is 53.1 Å². The van der Waals surface area contributed by atoms with Gasteiger partial charge in [0.1, 0.15) is 11.6 Å². The van der Waals surface area contributed by atoms with Crippen molar-refractivity contribution >= 4 is 11.7 Å². The van der Waals surface area contributed by atoms with Gasteiger partial charge in [-0.2, -0.15) is 0 Å². The fourth-order valence-electron chi connectivity index (χ4n) is 3.31. The topological polar surface area (TPSA) is 58.6 Å². The Balaban J connectivity index is 1.37. The van der Waals surface area contributed by atoms with E-state index < -0.39 is 0 Å². The largest absolute Gasteiger partial charge is 0.480 e. The molecule has 1 atom stereocenters. The fraction of sp³-hybridized carbons (Fsp3) is 0.389. The summed E-state index contributed by atoms with van der Waals surface area (Å²) in [4.78, 5) is 25.3. The Morgan fingerprint density at radius 1 is 1.12 bits per heavy atom. The molecule has 6 heteroatoms. The maximum Gasteiger partial charge on any atom is 0.263 e. The van der Waals surface area contributed by atoms with Gasteiger partial charge in [-0.05, 0) is 24.5 Å². The van der Waals surface area contributed by atoms with Crippen molar-refractivity contribution in [2.45, 2.75) is 18.9 Å². The Kier molecular flexibility index (Phi) is 4.02. The molecule has 1 aromatic heterocycles. The van der Waals surface area contributed by atoms with Crippen molar-refractivity contribution in [2.75, 3.05) is 31.1 Å². The highest BCUT2D eigenvalue weighted by molar-refractivity contribution is 5.82. The first-order chi connectivity index (χ1) is 11.8. The number of anilines is 1. The number of benzene rings is 1. The SMILES string of the molecule is O=C(C1CCc2ccccc2O1)N1CCN(c2cnccn2)CC1. The lowest BCUT2D eigenvalue weighted by molar-refractivity contribution is -0.139. The summed E-state index contributed by atoms with van der Waals surface area (Å²) >= 11 is 0. The van der Waals surface area contributed by atoms with Crippen LogP contribution in [0.4, 0.5) is 5.82 Å². The van der Waals surface area contributed by atoms with Gasteiger partial charge in [-0.1, -0.05) is 18.2 Å². The molecular formula is C18H20N4O2. The maximum atomic E-state index is 12.8. The Hall–Kier alpha value is -2.63. The molecule has 1 amide bonds. The minimum atomic E-state index is -0.358. The molecule has 2 aromatic rings. The molecule has 0 N–H and O–H groups in total. The van der Waals surface area contributed by atoms with E-state index in [0.717, 1.165) is 37.5 Å². The average Bonchev–Trinajstić information content (AvgIpc) is 2.68. The number of nitrogens with zero attached hydrogens (tertiary/aromatic N) is 4. The van der Waals surface area contributed by atoms with Crippen LogP contribution >= 0.6 is 0 Å². The van der Waals surface area contributed by atoms with Crippen molar-refractivity contribution in [3.8, 4) is 5.75 Å². The zero-order valence-electron chi connectivity index (χ0n) is 13.5. The van der Waals surface area contributed by atoms with Crippen LogP contribution in [0.3, 0.4) is 0 Å². The Morgan fingerprint density at radius 2 is 1.96 bits per heavy atom.